The maximum atomic E-state index is 4.80. The standard InChI is InChI=1S/C14H22N4/c1-11-4-7-18(8-5-11)14-10-15-9-13(17-14)12-3-2-6-16-12/h9-12,16H,2-8H2,1H3/t12-/m0/s1. The molecular weight excluding hydrogens is 224 g/mol. The molecule has 3 rings (SSSR count). The number of piperidine rings is 1. The number of rotatable bonds is 2. The van der Waals surface area contributed by atoms with E-state index in [1.54, 1.807) is 0 Å². The molecule has 1 atom stereocenters. The van der Waals surface area contributed by atoms with Gasteiger partial charge in [0.1, 0.15) is 5.82 Å². The van der Waals surface area contributed by atoms with E-state index in [2.05, 4.69) is 22.1 Å². The minimum atomic E-state index is 0.418. The van der Waals surface area contributed by atoms with E-state index in [-0.39, 0.29) is 0 Å². The Hall–Kier alpha value is -1.16. The van der Waals surface area contributed by atoms with Crippen LogP contribution < -0.4 is 10.2 Å². The van der Waals surface area contributed by atoms with E-state index in [4.69, 9.17) is 4.98 Å². The molecule has 18 heavy (non-hydrogen) atoms. The largest absolute Gasteiger partial charge is 0.355 e. The van der Waals surface area contributed by atoms with Gasteiger partial charge >= 0.3 is 0 Å². The monoisotopic (exact) mass is 246 g/mol. The average molecular weight is 246 g/mol. The van der Waals surface area contributed by atoms with Gasteiger partial charge in [0.25, 0.3) is 0 Å². The van der Waals surface area contributed by atoms with E-state index >= 15 is 0 Å². The molecular formula is C14H22N4. The molecule has 4 nitrogen and oxygen atoms in total. The topological polar surface area (TPSA) is 41.1 Å². The average Bonchev–Trinajstić information content (AvgIpc) is 2.94. The Morgan fingerprint density at radius 2 is 2.06 bits per heavy atom. The molecule has 0 bridgehead atoms. The summed E-state index contributed by atoms with van der Waals surface area (Å²) in [5.74, 6) is 1.92. The first-order chi connectivity index (χ1) is 8.83. The van der Waals surface area contributed by atoms with Gasteiger partial charge in [-0.25, -0.2) is 4.98 Å². The Kier molecular flexibility index (Phi) is 3.46. The number of anilines is 1. The van der Waals surface area contributed by atoms with Crippen LogP contribution in [-0.2, 0) is 0 Å². The Bertz CT molecular complexity index is 393. The van der Waals surface area contributed by atoms with Gasteiger partial charge in [-0.1, -0.05) is 6.92 Å². The fourth-order valence-corrected chi connectivity index (χ4v) is 2.87. The van der Waals surface area contributed by atoms with Crippen LogP contribution in [0, 0.1) is 5.92 Å². The molecule has 3 heterocycles. The van der Waals surface area contributed by atoms with Gasteiger partial charge in [0.05, 0.1) is 24.1 Å². The molecule has 2 aliphatic rings. The molecule has 2 saturated heterocycles. The Labute approximate surface area is 109 Å². The molecule has 1 N–H and O–H groups in total. The fourth-order valence-electron chi connectivity index (χ4n) is 2.87. The fraction of sp³-hybridized carbons (Fsp3) is 0.714. The van der Waals surface area contributed by atoms with E-state index in [1.165, 1.54) is 25.7 Å². The van der Waals surface area contributed by atoms with Crippen LogP contribution >= 0.6 is 0 Å². The number of nitrogens with one attached hydrogen (secondary N) is 1. The first-order valence-electron chi connectivity index (χ1n) is 7.13. The lowest BCUT2D eigenvalue weighted by atomic mass is 9.99. The molecule has 0 amide bonds. The second-order valence-corrected chi connectivity index (χ2v) is 5.62. The lowest BCUT2D eigenvalue weighted by Gasteiger charge is -2.31. The molecule has 2 fully saturated rings. The van der Waals surface area contributed by atoms with E-state index < -0.39 is 0 Å². The van der Waals surface area contributed by atoms with E-state index in [1.807, 2.05) is 12.4 Å². The molecule has 1 aromatic heterocycles. The van der Waals surface area contributed by atoms with Crippen molar-refractivity contribution in [2.24, 2.45) is 5.92 Å². The zero-order valence-electron chi connectivity index (χ0n) is 11.1. The van der Waals surface area contributed by atoms with E-state index in [0.717, 1.165) is 37.1 Å². The summed E-state index contributed by atoms with van der Waals surface area (Å²) in [4.78, 5) is 11.6. The van der Waals surface area contributed by atoms with Gasteiger partial charge in [-0.3, -0.25) is 4.98 Å². The number of hydrogen-bond donors (Lipinski definition) is 1. The predicted molar refractivity (Wildman–Crippen MR) is 72.6 cm³/mol. The van der Waals surface area contributed by atoms with E-state index in [0.29, 0.717) is 6.04 Å². The summed E-state index contributed by atoms with van der Waals surface area (Å²) < 4.78 is 0. The summed E-state index contributed by atoms with van der Waals surface area (Å²) in [5, 5.41) is 3.49. The van der Waals surface area contributed by atoms with Crippen molar-refractivity contribution >= 4 is 5.82 Å². The van der Waals surface area contributed by atoms with Gasteiger partial charge in [0.15, 0.2) is 0 Å². The van der Waals surface area contributed by atoms with Gasteiger partial charge in [-0.2, -0.15) is 0 Å². The summed E-state index contributed by atoms with van der Waals surface area (Å²) in [6, 6.07) is 0.418. The summed E-state index contributed by atoms with van der Waals surface area (Å²) in [6.07, 6.45) is 8.81. The van der Waals surface area contributed by atoms with Gasteiger partial charge in [0.2, 0.25) is 0 Å². The molecule has 1 aromatic rings. The minimum Gasteiger partial charge on any atom is -0.355 e. The highest BCUT2D eigenvalue weighted by Gasteiger charge is 2.21. The third-order valence-corrected chi connectivity index (χ3v) is 4.17. The van der Waals surface area contributed by atoms with Crippen molar-refractivity contribution in [2.45, 2.75) is 38.6 Å². The third-order valence-electron chi connectivity index (χ3n) is 4.17. The Morgan fingerprint density at radius 3 is 2.78 bits per heavy atom. The van der Waals surface area contributed by atoms with Crippen molar-refractivity contribution in [3.8, 4) is 0 Å². The van der Waals surface area contributed by atoms with Crippen molar-refractivity contribution < 1.29 is 0 Å². The number of hydrogen-bond acceptors (Lipinski definition) is 4. The SMILES string of the molecule is CC1CCN(c2cncc([C@@H]3CCCN3)n2)CC1. The zero-order chi connectivity index (χ0) is 12.4. The van der Waals surface area contributed by atoms with Crippen molar-refractivity contribution in [3.63, 3.8) is 0 Å². The molecule has 0 radical (unpaired) electrons. The van der Waals surface area contributed by atoms with Crippen molar-refractivity contribution in [2.75, 3.05) is 24.5 Å². The summed E-state index contributed by atoms with van der Waals surface area (Å²) in [5.41, 5.74) is 1.11. The predicted octanol–water partition coefficient (Wildman–Crippen LogP) is 2.14. The summed E-state index contributed by atoms with van der Waals surface area (Å²) in [7, 11) is 0. The van der Waals surface area contributed by atoms with Crippen LogP contribution in [0.15, 0.2) is 12.4 Å². The highest BCUT2D eigenvalue weighted by Crippen LogP contribution is 2.24. The van der Waals surface area contributed by atoms with Gasteiger partial charge in [-0.15, -0.1) is 0 Å². The quantitative estimate of drug-likeness (QED) is 0.868. The molecule has 2 aliphatic heterocycles. The molecule has 0 spiro atoms. The van der Waals surface area contributed by atoms with Crippen LogP contribution in [0.5, 0.6) is 0 Å². The molecule has 0 saturated carbocycles. The number of aromatic nitrogens is 2. The lowest BCUT2D eigenvalue weighted by Crippen LogP contribution is -2.33. The van der Waals surface area contributed by atoms with Crippen LogP contribution in [0.3, 0.4) is 0 Å². The molecule has 0 unspecified atom stereocenters. The molecule has 4 heteroatoms. The smallest absolute Gasteiger partial charge is 0.147 e. The van der Waals surface area contributed by atoms with Crippen molar-refractivity contribution in [3.05, 3.63) is 18.1 Å². The first-order valence-corrected chi connectivity index (χ1v) is 7.13. The van der Waals surface area contributed by atoms with Gasteiger partial charge in [0, 0.05) is 13.1 Å². The second kappa shape index (κ2) is 5.22. The van der Waals surface area contributed by atoms with Crippen LogP contribution in [0.2, 0.25) is 0 Å². The Morgan fingerprint density at radius 1 is 1.22 bits per heavy atom. The Balaban J connectivity index is 1.74. The lowest BCUT2D eigenvalue weighted by molar-refractivity contribution is 0.435. The van der Waals surface area contributed by atoms with Crippen LogP contribution in [0.1, 0.15) is 44.3 Å². The van der Waals surface area contributed by atoms with Gasteiger partial charge < -0.3 is 10.2 Å². The molecule has 0 aliphatic carbocycles. The maximum absolute atomic E-state index is 4.80. The first kappa shape index (κ1) is 11.9. The van der Waals surface area contributed by atoms with Crippen LogP contribution in [0.25, 0.3) is 0 Å². The highest BCUT2D eigenvalue weighted by atomic mass is 15.2. The maximum Gasteiger partial charge on any atom is 0.147 e. The van der Waals surface area contributed by atoms with Crippen molar-refractivity contribution in [1.82, 2.24) is 15.3 Å². The van der Waals surface area contributed by atoms with Crippen LogP contribution in [-0.4, -0.2) is 29.6 Å². The zero-order valence-corrected chi connectivity index (χ0v) is 11.1. The highest BCUT2D eigenvalue weighted by molar-refractivity contribution is 5.37. The van der Waals surface area contributed by atoms with E-state index in [9.17, 15) is 0 Å². The van der Waals surface area contributed by atoms with Gasteiger partial charge in [-0.05, 0) is 38.1 Å². The molecule has 0 aromatic carbocycles. The summed E-state index contributed by atoms with van der Waals surface area (Å²) >= 11 is 0. The number of nitrogens with zero attached hydrogens (tertiary/aromatic N) is 3. The third kappa shape index (κ3) is 2.48. The van der Waals surface area contributed by atoms with Crippen LogP contribution in [0.4, 0.5) is 5.82 Å². The normalized spacial score (nSPS) is 25.6. The molecule has 98 valence electrons. The minimum absolute atomic E-state index is 0.418. The second-order valence-electron chi connectivity index (χ2n) is 5.62. The summed E-state index contributed by atoms with van der Waals surface area (Å²) in [6.45, 7) is 5.69. The van der Waals surface area contributed by atoms with Crippen molar-refractivity contribution in [1.29, 1.82) is 0 Å².